The maximum absolute atomic E-state index is 13.0. The molecular formula is C14H15F3N2. The molecule has 0 radical (unpaired) electrons. The van der Waals surface area contributed by atoms with Crippen LogP contribution in [-0.4, -0.2) is 12.0 Å². The second kappa shape index (κ2) is 4.40. The summed E-state index contributed by atoms with van der Waals surface area (Å²) in [6.45, 7) is 5.13. The highest BCUT2D eigenvalue weighted by molar-refractivity contribution is 5.95. The number of alkyl halides is 3. The Kier molecular flexibility index (Phi) is 3.16. The van der Waals surface area contributed by atoms with Crippen molar-refractivity contribution < 1.29 is 13.2 Å². The Morgan fingerprint density at radius 3 is 2.26 bits per heavy atom. The van der Waals surface area contributed by atoms with Crippen molar-refractivity contribution in [2.75, 3.05) is 12.4 Å². The SMILES string of the molecule is CNc1c(C)c(C(F)(F)F)nc2c(C)cc(C)cc12. The first kappa shape index (κ1) is 13.6. The van der Waals surface area contributed by atoms with E-state index in [9.17, 15) is 13.2 Å². The summed E-state index contributed by atoms with van der Waals surface area (Å²) in [6.07, 6.45) is -4.44. The zero-order valence-corrected chi connectivity index (χ0v) is 11.2. The summed E-state index contributed by atoms with van der Waals surface area (Å²) in [7, 11) is 1.62. The minimum absolute atomic E-state index is 0.132. The van der Waals surface area contributed by atoms with Gasteiger partial charge in [0, 0.05) is 23.7 Å². The number of pyridine rings is 1. The molecule has 0 atom stereocenters. The minimum Gasteiger partial charge on any atom is -0.387 e. The molecule has 102 valence electrons. The summed E-state index contributed by atoms with van der Waals surface area (Å²) in [5, 5.41) is 3.59. The Hall–Kier alpha value is -1.78. The number of hydrogen-bond donors (Lipinski definition) is 1. The predicted octanol–water partition coefficient (Wildman–Crippen LogP) is 4.22. The lowest BCUT2D eigenvalue weighted by molar-refractivity contribution is -0.141. The number of nitrogens with zero attached hydrogens (tertiary/aromatic N) is 1. The first-order valence-corrected chi connectivity index (χ1v) is 5.92. The lowest BCUT2D eigenvalue weighted by Crippen LogP contribution is -2.13. The molecule has 0 aliphatic rings. The zero-order chi connectivity index (χ0) is 14.4. The standard InChI is InChI=1S/C14H15F3N2/c1-7-5-8(2)11-10(6-7)12(18-4)9(3)13(19-11)14(15,16)17/h5-6H,1-4H3,(H,18,19). The van der Waals surface area contributed by atoms with Crippen molar-refractivity contribution in [1.82, 2.24) is 4.98 Å². The summed E-state index contributed by atoms with van der Waals surface area (Å²) >= 11 is 0. The fraction of sp³-hybridized carbons (Fsp3) is 0.357. The Balaban J connectivity index is 2.95. The molecule has 1 N–H and O–H groups in total. The van der Waals surface area contributed by atoms with E-state index >= 15 is 0 Å². The molecule has 2 nitrogen and oxygen atoms in total. The number of nitrogens with one attached hydrogen (secondary N) is 1. The van der Waals surface area contributed by atoms with Crippen LogP contribution >= 0.6 is 0 Å². The number of rotatable bonds is 1. The van der Waals surface area contributed by atoms with Gasteiger partial charge in [0.05, 0.1) is 5.52 Å². The van der Waals surface area contributed by atoms with Crippen LogP contribution in [-0.2, 0) is 6.18 Å². The van der Waals surface area contributed by atoms with E-state index in [4.69, 9.17) is 0 Å². The van der Waals surface area contributed by atoms with Crippen LogP contribution in [0.25, 0.3) is 10.9 Å². The summed E-state index contributed by atoms with van der Waals surface area (Å²) in [6, 6.07) is 3.69. The normalized spacial score (nSPS) is 11.9. The van der Waals surface area contributed by atoms with Gasteiger partial charge in [0.1, 0.15) is 5.69 Å². The number of hydrogen-bond acceptors (Lipinski definition) is 2. The van der Waals surface area contributed by atoms with E-state index in [1.54, 1.807) is 14.0 Å². The molecule has 5 heteroatoms. The fourth-order valence-electron chi connectivity index (χ4n) is 2.41. The van der Waals surface area contributed by atoms with Crippen molar-refractivity contribution in [1.29, 1.82) is 0 Å². The highest BCUT2D eigenvalue weighted by Gasteiger charge is 2.36. The van der Waals surface area contributed by atoms with Crippen molar-refractivity contribution in [3.63, 3.8) is 0 Å². The molecule has 2 aromatic rings. The van der Waals surface area contributed by atoms with E-state index in [-0.39, 0.29) is 5.56 Å². The molecule has 0 aliphatic carbocycles. The molecule has 0 unspecified atom stereocenters. The fourth-order valence-corrected chi connectivity index (χ4v) is 2.41. The third kappa shape index (κ3) is 2.25. The topological polar surface area (TPSA) is 24.9 Å². The average Bonchev–Trinajstić information content (AvgIpc) is 2.26. The number of anilines is 1. The molecule has 0 aliphatic heterocycles. The van der Waals surface area contributed by atoms with Crippen LogP contribution < -0.4 is 5.32 Å². The van der Waals surface area contributed by atoms with Gasteiger partial charge < -0.3 is 5.32 Å². The van der Waals surface area contributed by atoms with Crippen LogP contribution in [0.1, 0.15) is 22.4 Å². The minimum atomic E-state index is -4.44. The highest BCUT2D eigenvalue weighted by atomic mass is 19.4. The van der Waals surface area contributed by atoms with Crippen LogP contribution in [0.5, 0.6) is 0 Å². The van der Waals surface area contributed by atoms with Gasteiger partial charge in [0.2, 0.25) is 0 Å². The number of aromatic nitrogens is 1. The third-order valence-electron chi connectivity index (χ3n) is 3.19. The first-order chi connectivity index (χ1) is 8.75. The number of fused-ring (bicyclic) bond motifs is 1. The molecule has 0 fully saturated rings. The van der Waals surface area contributed by atoms with Crippen molar-refractivity contribution in [2.45, 2.75) is 26.9 Å². The van der Waals surface area contributed by atoms with E-state index < -0.39 is 11.9 Å². The molecule has 19 heavy (non-hydrogen) atoms. The average molecular weight is 268 g/mol. The van der Waals surface area contributed by atoms with E-state index in [1.807, 2.05) is 19.1 Å². The molecule has 2 rings (SSSR count). The lowest BCUT2D eigenvalue weighted by atomic mass is 10.0. The van der Waals surface area contributed by atoms with Crippen molar-refractivity contribution >= 4 is 16.6 Å². The van der Waals surface area contributed by atoms with Crippen molar-refractivity contribution in [3.8, 4) is 0 Å². The summed E-state index contributed by atoms with van der Waals surface area (Å²) in [4.78, 5) is 3.83. The number of halogens is 3. The van der Waals surface area contributed by atoms with Gasteiger partial charge in [0.15, 0.2) is 0 Å². The van der Waals surface area contributed by atoms with Gasteiger partial charge in [-0.3, -0.25) is 0 Å². The van der Waals surface area contributed by atoms with Gasteiger partial charge in [-0.1, -0.05) is 11.6 Å². The monoisotopic (exact) mass is 268 g/mol. The molecule has 1 heterocycles. The molecule has 0 saturated heterocycles. The van der Waals surface area contributed by atoms with E-state index in [0.29, 0.717) is 11.2 Å². The summed E-state index contributed by atoms with van der Waals surface area (Å²) in [5.74, 6) is 0. The van der Waals surface area contributed by atoms with Gasteiger partial charge in [-0.2, -0.15) is 13.2 Å². The number of aryl methyl sites for hydroxylation is 2. The largest absolute Gasteiger partial charge is 0.433 e. The third-order valence-corrected chi connectivity index (χ3v) is 3.19. The van der Waals surface area contributed by atoms with Crippen molar-refractivity contribution in [3.05, 3.63) is 34.5 Å². The van der Waals surface area contributed by atoms with Crippen LogP contribution in [0.15, 0.2) is 12.1 Å². The smallest absolute Gasteiger partial charge is 0.387 e. The molecule has 1 aromatic carbocycles. The van der Waals surface area contributed by atoms with Gasteiger partial charge in [0.25, 0.3) is 0 Å². The second-order valence-corrected chi connectivity index (χ2v) is 4.69. The quantitative estimate of drug-likeness (QED) is 0.837. The van der Waals surface area contributed by atoms with E-state index in [1.165, 1.54) is 6.92 Å². The zero-order valence-electron chi connectivity index (χ0n) is 11.2. The molecule has 0 saturated carbocycles. The van der Waals surface area contributed by atoms with Gasteiger partial charge in [-0.25, -0.2) is 4.98 Å². The highest BCUT2D eigenvalue weighted by Crippen LogP contribution is 2.37. The Morgan fingerprint density at radius 2 is 1.74 bits per heavy atom. The van der Waals surface area contributed by atoms with Gasteiger partial charge >= 0.3 is 6.18 Å². The lowest BCUT2D eigenvalue weighted by Gasteiger charge is -2.17. The van der Waals surface area contributed by atoms with Crippen LogP contribution in [0.2, 0.25) is 0 Å². The van der Waals surface area contributed by atoms with Gasteiger partial charge in [-0.15, -0.1) is 0 Å². The van der Waals surface area contributed by atoms with Crippen LogP contribution in [0, 0.1) is 20.8 Å². The number of benzene rings is 1. The molecule has 0 spiro atoms. The Morgan fingerprint density at radius 1 is 1.11 bits per heavy atom. The van der Waals surface area contributed by atoms with Crippen molar-refractivity contribution in [2.24, 2.45) is 0 Å². The molecule has 0 amide bonds. The maximum Gasteiger partial charge on any atom is 0.433 e. The predicted molar refractivity (Wildman–Crippen MR) is 70.5 cm³/mol. The maximum atomic E-state index is 13.0. The van der Waals surface area contributed by atoms with Crippen LogP contribution in [0.3, 0.4) is 0 Å². The Labute approximate surface area is 109 Å². The van der Waals surface area contributed by atoms with E-state index in [2.05, 4.69) is 10.3 Å². The second-order valence-electron chi connectivity index (χ2n) is 4.69. The van der Waals surface area contributed by atoms with Gasteiger partial charge in [-0.05, 0) is 32.4 Å². The molecular weight excluding hydrogens is 253 g/mol. The molecule has 0 bridgehead atoms. The molecule has 1 aromatic heterocycles. The summed E-state index contributed by atoms with van der Waals surface area (Å²) in [5.41, 5.74) is 1.94. The first-order valence-electron chi connectivity index (χ1n) is 5.92. The Bertz CT molecular complexity index is 645. The van der Waals surface area contributed by atoms with Crippen LogP contribution in [0.4, 0.5) is 18.9 Å². The summed E-state index contributed by atoms with van der Waals surface area (Å²) < 4.78 is 39.0. The van der Waals surface area contributed by atoms with E-state index in [0.717, 1.165) is 16.5 Å².